The van der Waals surface area contributed by atoms with Gasteiger partial charge in [0.2, 0.25) is 0 Å². The highest BCUT2D eigenvalue weighted by Gasteiger charge is 2.27. The van der Waals surface area contributed by atoms with E-state index in [1.165, 1.54) is 63.2 Å². The SMILES string of the molecule is O=C(O)c1ccccc1[O-].O=C(O)c1ccccc1[O-].Oc1ccc([S+](c2ccccc2)c2ccccc2)cc1.Oc1ccc([SH2+])cc1. The van der Waals surface area contributed by atoms with E-state index in [0.717, 1.165) is 4.90 Å². The van der Waals surface area contributed by atoms with Gasteiger partial charge in [-0.3, -0.25) is 0 Å². The van der Waals surface area contributed by atoms with Crippen LogP contribution in [0, 0.1) is 0 Å². The minimum absolute atomic E-state index is 0.134. The molecule has 0 radical (unpaired) electrons. The van der Waals surface area contributed by atoms with Crippen LogP contribution in [-0.4, -0.2) is 32.4 Å². The van der Waals surface area contributed by atoms with E-state index < -0.39 is 23.4 Å². The zero-order valence-electron chi connectivity index (χ0n) is 25.3. The Bertz CT molecular complexity index is 1750. The van der Waals surface area contributed by atoms with Crippen molar-refractivity contribution in [1.82, 2.24) is 0 Å². The Morgan fingerprint density at radius 2 is 0.771 bits per heavy atom. The lowest BCUT2D eigenvalue weighted by molar-refractivity contribution is -0.269. The summed E-state index contributed by atoms with van der Waals surface area (Å²) in [5.74, 6) is -2.65. The van der Waals surface area contributed by atoms with Crippen LogP contribution in [0.25, 0.3) is 0 Å². The zero-order valence-corrected chi connectivity index (χ0v) is 27.2. The first kappa shape index (κ1) is 36.6. The first-order valence-corrected chi connectivity index (χ1v) is 15.9. The first-order chi connectivity index (χ1) is 23.1. The van der Waals surface area contributed by atoms with Crippen molar-refractivity contribution in [3.63, 3.8) is 0 Å². The molecule has 48 heavy (non-hydrogen) atoms. The second kappa shape index (κ2) is 19.0. The monoisotopic (exact) mass is 680 g/mol. The molecule has 6 rings (SSSR count). The number of aromatic carboxylic acids is 2. The topological polar surface area (TPSA) is 161 Å². The number of phenolic OH excluding ortho intramolecular Hbond substituents is 2. The number of carboxylic acids is 2. The van der Waals surface area contributed by atoms with Crippen molar-refractivity contribution in [2.45, 2.75) is 19.6 Å². The molecule has 10 heteroatoms. The third-order valence-corrected chi connectivity index (χ3v) is 8.70. The van der Waals surface area contributed by atoms with Gasteiger partial charge >= 0.3 is 11.9 Å². The molecule has 8 nitrogen and oxygen atoms in total. The lowest BCUT2D eigenvalue weighted by Gasteiger charge is -2.07. The number of para-hydroxylation sites is 2. The molecule has 0 amide bonds. The Balaban J connectivity index is 0.000000189. The third-order valence-electron chi connectivity index (χ3n) is 6.13. The van der Waals surface area contributed by atoms with E-state index in [1.54, 1.807) is 36.4 Å². The fourth-order valence-corrected chi connectivity index (χ4v) is 6.10. The van der Waals surface area contributed by atoms with Gasteiger partial charge in [-0.1, -0.05) is 84.3 Å². The van der Waals surface area contributed by atoms with Gasteiger partial charge < -0.3 is 30.6 Å². The van der Waals surface area contributed by atoms with Crippen LogP contribution in [0.1, 0.15) is 20.7 Å². The van der Waals surface area contributed by atoms with Crippen LogP contribution >= 0.6 is 0 Å². The molecule has 6 aromatic carbocycles. The van der Waals surface area contributed by atoms with Gasteiger partial charge in [-0.15, -0.1) is 0 Å². The van der Waals surface area contributed by atoms with Crippen LogP contribution in [0.5, 0.6) is 23.0 Å². The molecule has 0 fully saturated rings. The minimum atomic E-state index is -1.18. The molecule has 0 heterocycles. The lowest BCUT2D eigenvalue weighted by atomic mass is 10.2. The highest BCUT2D eigenvalue weighted by Crippen LogP contribution is 2.31. The molecule has 0 aliphatic rings. The van der Waals surface area contributed by atoms with Gasteiger partial charge in [-0.25, -0.2) is 9.59 Å². The van der Waals surface area contributed by atoms with Gasteiger partial charge in [0, 0.05) is 0 Å². The average Bonchev–Trinajstić information content (AvgIpc) is 3.09. The maximum atomic E-state index is 10.7. The van der Waals surface area contributed by atoms with Crippen molar-refractivity contribution in [1.29, 1.82) is 0 Å². The van der Waals surface area contributed by atoms with Gasteiger partial charge in [-0.2, -0.15) is 0 Å². The van der Waals surface area contributed by atoms with Gasteiger partial charge in [0.25, 0.3) is 0 Å². The van der Waals surface area contributed by atoms with Crippen LogP contribution in [-0.2, 0) is 23.5 Å². The first-order valence-electron chi connectivity index (χ1n) is 14.2. The molecule has 0 spiro atoms. The largest absolute Gasteiger partial charge is 0.872 e. The number of hydrogen-bond acceptors (Lipinski definition) is 6. The second-order valence-electron chi connectivity index (χ2n) is 9.58. The van der Waals surface area contributed by atoms with Crippen LogP contribution in [0.15, 0.2) is 177 Å². The summed E-state index contributed by atoms with van der Waals surface area (Å²) in [7, 11) is -0.134. The van der Waals surface area contributed by atoms with Gasteiger partial charge in [-0.05, 0) is 97.6 Å². The Labute approximate surface area is 286 Å². The summed E-state index contributed by atoms with van der Waals surface area (Å²) in [6, 6.07) is 46.4. The molecule has 0 aliphatic carbocycles. The normalized spacial score (nSPS) is 9.79. The van der Waals surface area contributed by atoms with Crippen LogP contribution < -0.4 is 10.2 Å². The van der Waals surface area contributed by atoms with Crippen molar-refractivity contribution in [2.24, 2.45) is 0 Å². The molecule has 4 N–H and O–H groups in total. The number of hydrogen-bond donors (Lipinski definition) is 4. The van der Waals surface area contributed by atoms with Gasteiger partial charge in [0.15, 0.2) is 19.6 Å². The summed E-state index contributed by atoms with van der Waals surface area (Å²) in [4.78, 5) is 25.2. The summed E-state index contributed by atoms with van der Waals surface area (Å²) in [6.45, 7) is 0. The van der Waals surface area contributed by atoms with Crippen LogP contribution in [0.2, 0.25) is 0 Å². The number of carbonyl (C=O) groups is 2. The number of carboxylic acid groups (broad SMARTS) is 2. The molecular formula is C38H32O8S2. The van der Waals surface area contributed by atoms with E-state index in [0.29, 0.717) is 11.5 Å². The number of aromatic hydroxyl groups is 2. The summed E-state index contributed by atoms with van der Waals surface area (Å²) in [6.07, 6.45) is 0. The van der Waals surface area contributed by atoms with Crippen molar-refractivity contribution >= 4 is 35.5 Å². The zero-order chi connectivity index (χ0) is 34.9. The summed E-state index contributed by atoms with van der Waals surface area (Å²) in [5.41, 5.74) is -0.356. The molecule has 0 atom stereocenters. The van der Waals surface area contributed by atoms with E-state index in [9.17, 15) is 24.9 Å². The number of rotatable bonds is 5. The maximum absolute atomic E-state index is 10.7. The van der Waals surface area contributed by atoms with E-state index in [4.69, 9.17) is 15.3 Å². The third kappa shape index (κ3) is 11.8. The summed E-state index contributed by atoms with van der Waals surface area (Å²) < 4.78 is 0. The molecule has 0 aliphatic heterocycles. The summed E-state index contributed by atoms with van der Waals surface area (Å²) >= 11 is 3.28. The molecule has 6 aromatic rings. The predicted molar refractivity (Wildman–Crippen MR) is 185 cm³/mol. The van der Waals surface area contributed by atoms with Gasteiger partial charge in [0.05, 0.1) is 22.0 Å². The van der Waals surface area contributed by atoms with Gasteiger partial charge in [0.1, 0.15) is 11.5 Å². The lowest BCUT2D eigenvalue weighted by Crippen LogP contribution is -2.04. The van der Waals surface area contributed by atoms with E-state index >= 15 is 0 Å². The molecule has 244 valence electrons. The average molecular weight is 681 g/mol. The number of benzene rings is 6. The highest BCUT2D eigenvalue weighted by molar-refractivity contribution is 7.97. The summed E-state index contributed by atoms with van der Waals surface area (Å²) in [5, 5.41) is 56.3. The van der Waals surface area contributed by atoms with E-state index in [-0.39, 0.29) is 22.0 Å². The molecular weight excluding hydrogens is 649 g/mol. The van der Waals surface area contributed by atoms with E-state index in [1.807, 2.05) is 24.3 Å². The Morgan fingerprint density at radius 1 is 0.458 bits per heavy atom. The second-order valence-corrected chi connectivity index (χ2v) is 12.2. The quantitative estimate of drug-likeness (QED) is 0.157. The Morgan fingerprint density at radius 3 is 1.08 bits per heavy atom. The molecule has 0 unspecified atom stereocenters. The van der Waals surface area contributed by atoms with Crippen molar-refractivity contribution in [3.05, 3.63) is 169 Å². The molecule has 0 aromatic heterocycles. The van der Waals surface area contributed by atoms with Crippen molar-refractivity contribution in [2.75, 3.05) is 0 Å². The fraction of sp³-hybridized carbons (Fsp3) is 0. The Hall–Kier alpha value is -5.84. The molecule has 0 saturated heterocycles. The highest BCUT2D eigenvalue weighted by atomic mass is 32.2. The molecule has 0 saturated carbocycles. The van der Waals surface area contributed by atoms with Crippen molar-refractivity contribution < 1.29 is 40.2 Å². The van der Waals surface area contributed by atoms with Crippen molar-refractivity contribution in [3.8, 4) is 23.0 Å². The Kier molecular flexibility index (Phi) is 14.5. The van der Waals surface area contributed by atoms with Crippen LogP contribution in [0.3, 0.4) is 0 Å². The minimum Gasteiger partial charge on any atom is -0.872 e. The fourth-order valence-electron chi connectivity index (χ4n) is 3.85. The smallest absolute Gasteiger partial charge is 0.335 e. The van der Waals surface area contributed by atoms with E-state index in [2.05, 4.69) is 61.2 Å². The number of phenols is 2. The molecule has 0 bridgehead atoms. The van der Waals surface area contributed by atoms with Crippen LogP contribution in [0.4, 0.5) is 0 Å². The maximum Gasteiger partial charge on any atom is 0.335 e. The standard InChI is InChI=1S/C18H14OS.2C7H6O3.C6H6OS/c19-15-11-13-18(14-12-15)20(16-7-3-1-4-8-16)17-9-5-2-6-10-17;2*8-6-4-2-1-3-5(6)7(9)10;7-5-1-3-6(8)4-2-5/h1-14H;2*1-4,8H,(H,9,10);1-4,7-8H. The predicted octanol–water partition coefficient (Wildman–Crippen LogP) is 6.17.